The molecule has 0 radical (unpaired) electrons. The topological polar surface area (TPSA) is 80.7 Å². The van der Waals surface area contributed by atoms with E-state index in [0.29, 0.717) is 0 Å². The number of alkyl halides is 3. The minimum Gasteiger partial charge on any atom is -0.481 e. The monoisotopic (exact) mass is 470 g/mol. The van der Waals surface area contributed by atoms with Crippen LogP contribution in [0, 0.1) is 5.92 Å². The second-order valence-corrected chi connectivity index (χ2v) is 10.1. The van der Waals surface area contributed by atoms with E-state index in [9.17, 15) is 31.5 Å². The predicted molar refractivity (Wildman–Crippen MR) is 93.0 cm³/mol. The maximum atomic E-state index is 13.3. The van der Waals surface area contributed by atoms with Gasteiger partial charge in [0.25, 0.3) is 0 Å². The number of sulfone groups is 1. The smallest absolute Gasteiger partial charge is 0.417 e. The van der Waals surface area contributed by atoms with Crippen LogP contribution in [0.15, 0.2) is 27.6 Å². The molecule has 0 saturated heterocycles. The number of hydrogen-bond acceptors (Lipinski definition) is 4. The lowest BCUT2D eigenvalue weighted by atomic mass is 9.95. The summed E-state index contributed by atoms with van der Waals surface area (Å²) in [4.78, 5) is 10.7. The Balaban J connectivity index is 1.92. The first-order chi connectivity index (χ1) is 12.5. The highest BCUT2D eigenvalue weighted by Gasteiger charge is 2.48. The van der Waals surface area contributed by atoms with Gasteiger partial charge in [-0.2, -0.15) is 13.2 Å². The van der Waals surface area contributed by atoms with Gasteiger partial charge in [0.05, 0.1) is 33.8 Å². The van der Waals surface area contributed by atoms with Crippen molar-refractivity contribution in [1.29, 1.82) is 0 Å². The molecule has 3 rings (SSSR count). The summed E-state index contributed by atoms with van der Waals surface area (Å²) in [5, 5.41) is 8.17. The molecule has 2 saturated carbocycles. The molecule has 2 aliphatic carbocycles. The number of carboxylic acids is 1. The first kappa shape index (κ1) is 20.6. The van der Waals surface area contributed by atoms with Crippen LogP contribution in [0.3, 0.4) is 0 Å². The second-order valence-electron chi connectivity index (χ2n) is 6.95. The van der Waals surface area contributed by atoms with Gasteiger partial charge in [0, 0.05) is 4.47 Å². The zero-order chi connectivity index (χ0) is 20.0. The van der Waals surface area contributed by atoms with Crippen LogP contribution in [0.2, 0.25) is 0 Å². The Hall–Kier alpha value is -1.13. The molecule has 0 unspecified atom stereocenters. The number of carbonyl (C=O) groups is 1. The quantitative estimate of drug-likeness (QED) is 0.701. The normalized spacial score (nSPS) is 26.7. The Kier molecular flexibility index (Phi) is 5.62. The third-order valence-corrected chi connectivity index (χ3v) is 7.91. The van der Waals surface area contributed by atoms with Gasteiger partial charge in [-0.3, -0.25) is 4.79 Å². The van der Waals surface area contributed by atoms with Gasteiger partial charge in [0.2, 0.25) is 0 Å². The highest BCUT2D eigenvalue weighted by Crippen LogP contribution is 2.42. The number of hydrogen-bond donors (Lipinski definition) is 1. The molecule has 27 heavy (non-hydrogen) atoms. The van der Waals surface area contributed by atoms with Gasteiger partial charge in [0.1, 0.15) is 0 Å². The largest absolute Gasteiger partial charge is 0.481 e. The van der Waals surface area contributed by atoms with Gasteiger partial charge in [-0.1, -0.05) is 15.9 Å². The Morgan fingerprint density at radius 2 is 1.89 bits per heavy atom. The third kappa shape index (κ3) is 4.17. The molecule has 0 amide bonds. The Morgan fingerprint density at radius 3 is 2.41 bits per heavy atom. The molecule has 0 heterocycles. The second kappa shape index (κ2) is 7.36. The van der Waals surface area contributed by atoms with Crippen LogP contribution >= 0.6 is 15.9 Å². The number of aliphatic carboxylic acids is 1. The molecule has 3 atom stereocenters. The molecule has 1 aromatic rings. The van der Waals surface area contributed by atoms with Crippen molar-refractivity contribution in [3.05, 3.63) is 28.2 Å². The molecule has 10 heteroatoms. The van der Waals surface area contributed by atoms with Crippen molar-refractivity contribution in [2.75, 3.05) is 0 Å². The van der Waals surface area contributed by atoms with Gasteiger partial charge in [-0.25, -0.2) is 8.42 Å². The molecule has 1 aromatic carbocycles. The maximum Gasteiger partial charge on any atom is 0.417 e. The summed E-state index contributed by atoms with van der Waals surface area (Å²) < 4.78 is 71.7. The van der Waals surface area contributed by atoms with Crippen molar-refractivity contribution >= 4 is 31.7 Å². The third-order valence-electron chi connectivity index (χ3n) is 5.19. The van der Waals surface area contributed by atoms with E-state index in [2.05, 4.69) is 15.9 Å². The SMILES string of the molecule is O=C(O)[C@@H]1C[C@@H](S(=O)(=O)c2ccc(Br)cc2C(F)(F)F)C[C@H]1OC1CCC1. The minimum atomic E-state index is -4.85. The van der Waals surface area contributed by atoms with Crippen molar-refractivity contribution in [1.82, 2.24) is 0 Å². The first-order valence-electron chi connectivity index (χ1n) is 8.49. The molecule has 1 N–H and O–H groups in total. The summed E-state index contributed by atoms with van der Waals surface area (Å²) in [7, 11) is -4.38. The molecule has 0 bridgehead atoms. The average molecular weight is 471 g/mol. The Labute approximate surface area is 162 Å². The fraction of sp³-hybridized carbons (Fsp3) is 0.588. The van der Waals surface area contributed by atoms with Crippen molar-refractivity contribution < 1.29 is 36.2 Å². The van der Waals surface area contributed by atoms with Crippen LogP contribution in [0.1, 0.15) is 37.7 Å². The lowest BCUT2D eigenvalue weighted by Crippen LogP contribution is -2.33. The van der Waals surface area contributed by atoms with Crippen LogP contribution in [0.25, 0.3) is 0 Å². The van der Waals surface area contributed by atoms with E-state index in [4.69, 9.17) is 4.74 Å². The summed E-state index contributed by atoms with van der Waals surface area (Å²) in [5.41, 5.74) is -1.26. The number of carboxylic acid groups (broad SMARTS) is 1. The van der Waals surface area contributed by atoms with Crippen molar-refractivity contribution in [2.45, 2.75) is 60.6 Å². The Morgan fingerprint density at radius 1 is 1.22 bits per heavy atom. The van der Waals surface area contributed by atoms with E-state index >= 15 is 0 Å². The highest BCUT2D eigenvalue weighted by molar-refractivity contribution is 9.10. The zero-order valence-electron chi connectivity index (χ0n) is 14.1. The molecule has 2 fully saturated rings. The van der Waals surface area contributed by atoms with Gasteiger partial charge in [-0.05, 0) is 50.3 Å². The van der Waals surface area contributed by atoms with Crippen LogP contribution in [-0.4, -0.2) is 37.0 Å². The van der Waals surface area contributed by atoms with E-state index in [1.807, 2.05) is 0 Å². The zero-order valence-corrected chi connectivity index (χ0v) is 16.5. The van der Waals surface area contributed by atoms with Crippen molar-refractivity contribution in [3.8, 4) is 0 Å². The standard InChI is InChI=1S/C17H18BrF3O5S/c18-9-4-5-15(13(6-9)17(19,20)21)27(24,25)11-7-12(16(22)23)14(8-11)26-10-2-1-3-10/h4-6,10-12,14H,1-3,7-8H2,(H,22,23)/t11-,12-,14-/m1/s1. The van der Waals surface area contributed by atoms with Crippen LogP contribution < -0.4 is 0 Å². The number of halogens is 4. The van der Waals surface area contributed by atoms with Gasteiger partial charge >= 0.3 is 12.1 Å². The number of rotatable bonds is 5. The van der Waals surface area contributed by atoms with E-state index < -0.39 is 49.7 Å². The van der Waals surface area contributed by atoms with Gasteiger partial charge in [-0.15, -0.1) is 0 Å². The minimum absolute atomic E-state index is 0.100. The number of benzene rings is 1. The van der Waals surface area contributed by atoms with Gasteiger partial charge < -0.3 is 9.84 Å². The Bertz CT molecular complexity index is 835. The van der Waals surface area contributed by atoms with Gasteiger partial charge in [0.15, 0.2) is 9.84 Å². The average Bonchev–Trinajstić information content (AvgIpc) is 2.95. The molecule has 0 aliphatic heterocycles. The van der Waals surface area contributed by atoms with E-state index in [0.717, 1.165) is 31.4 Å². The summed E-state index contributed by atoms with van der Waals surface area (Å²) in [6.45, 7) is 0. The summed E-state index contributed by atoms with van der Waals surface area (Å²) in [5.74, 6) is -2.24. The van der Waals surface area contributed by atoms with E-state index in [-0.39, 0.29) is 23.4 Å². The van der Waals surface area contributed by atoms with E-state index in [1.54, 1.807) is 0 Å². The molecule has 150 valence electrons. The molecular weight excluding hydrogens is 453 g/mol. The lowest BCUT2D eigenvalue weighted by Gasteiger charge is -2.30. The lowest BCUT2D eigenvalue weighted by molar-refractivity contribution is -0.149. The van der Waals surface area contributed by atoms with Crippen LogP contribution in [0.4, 0.5) is 13.2 Å². The van der Waals surface area contributed by atoms with Crippen LogP contribution in [-0.2, 0) is 25.5 Å². The molecular formula is C17H18BrF3O5S. The molecule has 2 aliphatic rings. The molecule has 0 spiro atoms. The summed E-state index contributed by atoms with van der Waals surface area (Å²) in [6.07, 6.45) is -3.61. The molecule has 5 nitrogen and oxygen atoms in total. The summed E-state index contributed by atoms with van der Waals surface area (Å²) >= 11 is 2.93. The first-order valence-corrected chi connectivity index (χ1v) is 10.8. The van der Waals surface area contributed by atoms with Crippen molar-refractivity contribution in [3.63, 3.8) is 0 Å². The van der Waals surface area contributed by atoms with E-state index in [1.165, 1.54) is 6.07 Å². The number of ether oxygens (including phenoxy) is 1. The van der Waals surface area contributed by atoms with Crippen LogP contribution in [0.5, 0.6) is 0 Å². The molecule has 0 aromatic heterocycles. The highest BCUT2D eigenvalue weighted by atomic mass is 79.9. The fourth-order valence-electron chi connectivity index (χ4n) is 3.52. The fourth-order valence-corrected chi connectivity index (χ4v) is 5.89. The summed E-state index contributed by atoms with van der Waals surface area (Å²) in [6, 6.07) is 2.87. The predicted octanol–water partition coefficient (Wildman–Crippen LogP) is 4.04. The van der Waals surface area contributed by atoms with Crippen molar-refractivity contribution in [2.24, 2.45) is 5.92 Å². The maximum absolute atomic E-state index is 13.3.